The lowest BCUT2D eigenvalue weighted by Gasteiger charge is -2.30. The van der Waals surface area contributed by atoms with Gasteiger partial charge in [0, 0.05) is 17.4 Å². The summed E-state index contributed by atoms with van der Waals surface area (Å²) in [5, 5.41) is 0. The quantitative estimate of drug-likeness (QED) is 0.384. The smallest absolute Gasteiger partial charge is 0.344 e. The van der Waals surface area contributed by atoms with Crippen LogP contribution in [0.15, 0.2) is 12.2 Å². The van der Waals surface area contributed by atoms with E-state index < -0.39 is 54.5 Å². The monoisotopic (exact) mass is 352 g/mol. The van der Waals surface area contributed by atoms with E-state index in [9.17, 15) is 19.2 Å². The Hall–Kier alpha value is -2.38. The van der Waals surface area contributed by atoms with Crippen molar-refractivity contribution < 1.29 is 38.1 Å². The first kappa shape index (κ1) is 17.4. The topological polar surface area (TPSA) is 105 Å². The zero-order valence-electron chi connectivity index (χ0n) is 14.1. The summed E-state index contributed by atoms with van der Waals surface area (Å²) >= 11 is 0. The van der Waals surface area contributed by atoms with Crippen molar-refractivity contribution in [3.8, 4) is 0 Å². The van der Waals surface area contributed by atoms with Gasteiger partial charge in [0.05, 0.1) is 18.4 Å². The molecule has 1 heterocycles. The SMILES string of the molecule is C=C(C)C(=O)OCC(=O)OC1C2CC3C1OC(=O)C3C2C(=O)OCC. The van der Waals surface area contributed by atoms with E-state index in [1.54, 1.807) is 6.92 Å². The molecule has 2 aliphatic carbocycles. The molecule has 3 aliphatic rings. The van der Waals surface area contributed by atoms with Crippen LogP contribution in [-0.2, 0) is 38.1 Å². The minimum absolute atomic E-state index is 0.150. The van der Waals surface area contributed by atoms with E-state index in [0.717, 1.165) is 0 Å². The first-order chi connectivity index (χ1) is 11.8. The van der Waals surface area contributed by atoms with Gasteiger partial charge in [-0.3, -0.25) is 9.59 Å². The van der Waals surface area contributed by atoms with Crippen molar-refractivity contribution >= 4 is 23.9 Å². The zero-order chi connectivity index (χ0) is 18.3. The molecule has 136 valence electrons. The van der Waals surface area contributed by atoms with Crippen molar-refractivity contribution in [2.24, 2.45) is 23.7 Å². The van der Waals surface area contributed by atoms with Gasteiger partial charge < -0.3 is 18.9 Å². The summed E-state index contributed by atoms with van der Waals surface area (Å²) in [7, 11) is 0. The molecular formula is C17H20O8. The van der Waals surface area contributed by atoms with Gasteiger partial charge in [0.25, 0.3) is 0 Å². The molecule has 1 saturated heterocycles. The lowest BCUT2D eigenvalue weighted by molar-refractivity contribution is -0.171. The zero-order valence-corrected chi connectivity index (χ0v) is 14.1. The van der Waals surface area contributed by atoms with Crippen LogP contribution in [0, 0.1) is 23.7 Å². The van der Waals surface area contributed by atoms with Crippen LogP contribution in [0.25, 0.3) is 0 Å². The molecule has 0 aromatic heterocycles. The highest BCUT2D eigenvalue weighted by molar-refractivity contribution is 5.89. The van der Waals surface area contributed by atoms with Crippen LogP contribution in [0.3, 0.4) is 0 Å². The van der Waals surface area contributed by atoms with Gasteiger partial charge in [0.1, 0.15) is 12.2 Å². The van der Waals surface area contributed by atoms with Crippen LogP contribution in [0.5, 0.6) is 0 Å². The summed E-state index contributed by atoms with van der Waals surface area (Å²) in [4.78, 5) is 47.6. The normalized spacial score (nSPS) is 34.4. The first-order valence-corrected chi connectivity index (χ1v) is 8.24. The molecule has 0 amide bonds. The van der Waals surface area contributed by atoms with Gasteiger partial charge in [0.2, 0.25) is 0 Å². The number of rotatable bonds is 6. The van der Waals surface area contributed by atoms with Gasteiger partial charge in [-0.15, -0.1) is 0 Å². The molecule has 8 nitrogen and oxygen atoms in total. The Bertz CT molecular complexity index is 639. The molecule has 6 unspecified atom stereocenters. The second-order valence-electron chi connectivity index (χ2n) is 6.58. The highest BCUT2D eigenvalue weighted by Gasteiger charge is 2.70. The van der Waals surface area contributed by atoms with E-state index in [4.69, 9.17) is 18.9 Å². The second kappa shape index (κ2) is 6.50. The van der Waals surface area contributed by atoms with E-state index in [-0.39, 0.29) is 24.0 Å². The maximum Gasteiger partial charge on any atom is 0.344 e. The number of carbonyl (C=O) groups is 4. The Morgan fingerprint density at radius 3 is 2.60 bits per heavy atom. The first-order valence-electron chi connectivity index (χ1n) is 8.24. The molecule has 0 N–H and O–H groups in total. The average Bonchev–Trinajstić information content (AvgIpc) is 3.16. The summed E-state index contributed by atoms with van der Waals surface area (Å²) in [5.74, 6) is -4.02. The number of hydrogen-bond acceptors (Lipinski definition) is 8. The van der Waals surface area contributed by atoms with Gasteiger partial charge in [-0.1, -0.05) is 6.58 Å². The Kier molecular flexibility index (Phi) is 4.53. The van der Waals surface area contributed by atoms with Gasteiger partial charge in [-0.2, -0.15) is 0 Å². The molecule has 1 aliphatic heterocycles. The van der Waals surface area contributed by atoms with Crippen LogP contribution < -0.4 is 0 Å². The summed E-state index contributed by atoms with van der Waals surface area (Å²) in [6.45, 7) is 6.22. The van der Waals surface area contributed by atoms with Crippen LogP contribution in [-0.4, -0.2) is 49.3 Å². The Labute approximate surface area is 144 Å². The Morgan fingerprint density at radius 2 is 1.96 bits per heavy atom. The Morgan fingerprint density at radius 1 is 1.24 bits per heavy atom. The van der Waals surface area contributed by atoms with E-state index in [2.05, 4.69) is 6.58 Å². The second-order valence-corrected chi connectivity index (χ2v) is 6.58. The fourth-order valence-electron chi connectivity index (χ4n) is 4.14. The fraction of sp³-hybridized carbons (Fsp3) is 0.647. The van der Waals surface area contributed by atoms with Crippen molar-refractivity contribution in [2.45, 2.75) is 32.5 Å². The maximum atomic E-state index is 12.2. The van der Waals surface area contributed by atoms with E-state index in [1.165, 1.54) is 6.92 Å². The molecule has 6 atom stereocenters. The van der Waals surface area contributed by atoms with Gasteiger partial charge in [-0.05, 0) is 20.3 Å². The molecule has 3 rings (SSSR count). The number of fused-ring (bicyclic) bond motifs is 1. The molecule has 0 aromatic carbocycles. The minimum atomic E-state index is -0.755. The molecule has 8 heteroatoms. The van der Waals surface area contributed by atoms with Gasteiger partial charge in [0.15, 0.2) is 6.61 Å². The highest BCUT2D eigenvalue weighted by Crippen LogP contribution is 2.58. The molecule has 25 heavy (non-hydrogen) atoms. The predicted octanol–water partition coefficient (Wildman–Crippen LogP) is 0.388. The number of esters is 4. The summed E-state index contributed by atoms with van der Waals surface area (Å²) < 4.78 is 20.5. The van der Waals surface area contributed by atoms with Crippen LogP contribution >= 0.6 is 0 Å². The standard InChI is InChI=1S/C17H20O8/c1-4-22-16(20)11-8-5-9-12(11)17(21)25-14(9)13(8)24-10(18)6-23-15(19)7(2)3/h8-9,11-14H,2,4-6H2,1,3H3. The average molecular weight is 352 g/mol. The lowest BCUT2D eigenvalue weighted by Crippen LogP contribution is -2.44. The largest absolute Gasteiger partial charge is 0.466 e. The number of ether oxygens (including phenoxy) is 4. The van der Waals surface area contributed by atoms with Crippen molar-refractivity contribution in [1.82, 2.24) is 0 Å². The predicted molar refractivity (Wildman–Crippen MR) is 80.7 cm³/mol. The lowest BCUT2D eigenvalue weighted by atomic mass is 9.78. The van der Waals surface area contributed by atoms with Crippen molar-refractivity contribution in [2.75, 3.05) is 13.2 Å². The third-order valence-corrected chi connectivity index (χ3v) is 5.04. The Balaban J connectivity index is 1.67. The highest BCUT2D eigenvalue weighted by atomic mass is 16.6. The summed E-state index contributed by atoms with van der Waals surface area (Å²) in [6, 6.07) is 0. The number of carbonyl (C=O) groups excluding carboxylic acids is 4. The van der Waals surface area contributed by atoms with E-state index >= 15 is 0 Å². The van der Waals surface area contributed by atoms with Gasteiger partial charge in [-0.25, -0.2) is 9.59 Å². The third kappa shape index (κ3) is 2.89. The van der Waals surface area contributed by atoms with Crippen LogP contribution in [0.4, 0.5) is 0 Å². The van der Waals surface area contributed by atoms with E-state index in [0.29, 0.717) is 6.42 Å². The fourth-order valence-corrected chi connectivity index (χ4v) is 4.14. The van der Waals surface area contributed by atoms with Gasteiger partial charge >= 0.3 is 23.9 Å². The van der Waals surface area contributed by atoms with Crippen molar-refractivity contribution in [3.63, 3.8) is 0 Å². The van der Waals surface area contributed by atoms with E-state index in [1.807, 2.05) is 0 Å². The minimum Gasteiger partial charge on any atom is -0.466 e. The molecule has 0 aromatic rings. The van der Waals surface area contributed by atoms with Crippen molar-refractivity contribution in [3.05, 3.63) is 12.2 Å². The maximum absolute atomic E-state index is 12.2. The van der Waals surface area contributed by atoms with Crippen molar-refractivity contribution in [1.29, 1.82) is 0 Å². The third-order valence-electron chi connectivity index (χ3n) is 5.04. The summed E-state index contributed by atoms with van der Waals surface area (Å²) in [5.41, 5.74) is 0.169. The molecule has 2 bridgehead atoms. The summed E-state index contributed by atoms with van der Waals surface area (Å²) in [6.07, 6.45) is -0.708. The molecule has 0 spiro atoms. The van der Waals surface area contributed by atoms with Crippen LogP contribution in [0.1, 0.15) is 20.3 Å². The number of hydrogen-bond donors (Lipinski definition) is 0. The molecule has 2 saturated carbocycles. The molecule has 3 fully saturated rings. The molecule has 0 radical (unpaired) electrons. The van der Waals surface area contributed by atoms with Crippen LogP contribution in [0.2, 0.25) is 0 Å². The molecular weight excluding hydrogens is 332 g/mol.